The maximum atomic E-state index is 8.74. The number of hydrogen-bond acceptors (Lipinski definition) is 3. The summed E-state index contributed by atoms with van der Waals surface area (Å²) in [6.07, 6.45) is 21.3. The Kier molecular flexibility index (Phi) is 18.0. The molecule has 0 unspecified atom stereocenters. The van der Waals surface area contributed by atoms with Gasteiger partial charge in [0, 0.05) is 0 Å². The summed E-state index contributed by atoms with van der Waals surface area (Å²) in [6, 6.07) is 17.3. The minimum Gasteiger partial charge on any atom is -0.457 e. The van der Waals surface area contributed by atoms with Crippen LogP contribution in [0.4, 0.5) is 0 Å². The molecule has 2 rings (SSSR count). The van der Waals surface area contributed by atoms with E-state index in [-0.39, 0.29) is 0 Å². The molecule has 6 heteroatoms. The first kappa shape index (κ1) is 32.1. The number of unbranched alkanes of at least 4 members (excludes halogenated alkanes) is 12. The molecule has 0 aliphatic heterocycles. The van der Waals surface area contributed by atoms with Crippen LogP contribution >= 0.6 is 0 Å². The fourth-order valence-corrected chi connectivity index (χ4v) is 4.24. The van der Waals surface area contributed by atoms with Crippen LogP contribution in [0, 0.1) is 0 Å². The Bertz CT molecular complexity index is 844. The Morgan fingerprint density at radius 1 is 0.583 bits per heavy atom. The fourth-order valence-electron chi connectivity index (χ4n) is 4.24. The average molecular weight is 521 g/mol. The van der Waals surface area contributed by atoms with Gasteiger partial charge in [0.2, 0.25) is 0 Å². The van der Waals surface area contributed by atoms with Crippen LogP contribution in [-0.2, 0) is 23.2 Å². The summed E-state index contributed by atoms with van der Waals surface area (Å²) in [5.74, 6) is 1.93. The maximum absolute atomic E-state index is 8.74. The van der Waals surface area contributed by atoms with Gasteiger partial charge < -0.3 is 4.74 Å². The molecule has 0 amide bonds. The molecule has 0 saturated heterocycles. The van der Waals surface area contributed by atoms with Crippen molar-refractivity contribution in [3.63, 3.8) is 0 Å². The molecule has 5 nitrogen and oxygen atoms in total. The minimum absolute atomic E-state index is 0.966. The SMILES string of the molecule is CCCCCCCCCc1cccc(Oc2cccc(CCCCCCCCC)c2)c1.O=S(=O)(O)O. The van der Waals surface area contributed by atoms with Crippen LogP contribution in [0.3, 0.4) is 0 Å². The van der Waals surface area contributed by atoms with Gasteiger partial charge in [-0.2, -0.15) is 8.42 Å². The Labute approximate surface area is 220 Å². The molecular weight excluding hydrogens is 472 g/mol. The molecule has 0 atom stereocenters. The standard InChI is InChI=1S/C30H46O.H2O4S/c1-3-5-7-9-11-13-15-19-27-21-17-23-29(25-27)31-30-24-18-22-28(26-30)20-16-14-12-10-8-6-4-2;1-5(2,3)4/h17-18,21-26H,3-16,19-20H2,1-2H3;(H2,1,2,3,4). The van der Waals surface area contributed by atoms with Gasteiger partial charge in [0.1, 0.15) is 11.5 Å². The van der Waals surface area contributed by atoms with Gasteiger partial charge in [0.05, 0.1) is 0 Å². The molecule has 0 aliphatic carbocycles. The Morgan fingerprint density at radius 2 is 0.917 bits per heavy atom. The van der Waals surface area contributed by atoms with E-state index in [1.54, 1.807) is 0 Å². The Morgan fingerprint density at radius 3 is 1.28 bits per heavy atom. The van der Waals surface area contributed by atoms with Crippen molar-refractivity contribution in [1.29, 1.82) is 0 Å². The lowest BCUT2D eigenvalue weighted by atomic mass is 10.0. The van der Waals surface area contributed by atoms with Crippen molar-refractivity contribution in [2.24, 2.45) is 0 Å². The summed E-state index contributed by atoms with van der Waals surface area (Å²) in [7, 11) is -4.67. The minimum atomic E-state index is -4.67. The van der Waals surface area contributed by atoms with Gasteiger partial charge in [-0.25, -0.2) is 0 Å². The normalized spacial score (nSPS) is 11.1. The first-order chi connectivity index (χ1) is 17.3. The quantitative estimate of drug-likeness (QED) is 0.151. The number of hydrogen-bond donors (Lipinski definition) is 2. The van der Waals surface area contributed by atoms with Crippen LogP contribution in [-0.4, -0.2) is 17.5 Å². The molecular formula is C30H48O5S. The van der Waals surface area contributed by atoms with Crippen molar-refractivity contribution in [3.05, 3.63) is 59.7 Å². The predicted molar refractivity (Wildman–Crippen MR) is 151 cm³/mol. The highest BCUT2D eigenvalue weighted by atomic mass is 32.3. The van der Waals surface area contributed by atoms with Gasteiger partial charge in [0.15, 0.2) is 0 Å². The third-order valence-corrected chi connectivity index (χ3v) is 6.17. The van der Waals surface area contributed by atoms with Crippen molar-refractivity contribution < 1.29 is 22.3 Å². The summed E-state index contributed by atoms with van der Waals surface area (Å²) < 4.78 is 37.8. The van der Waals surface area contributed by atoms with Gasteiger partial charge in [-0.15, -0.1) is 0 Å². The molecule has 0 saturated carbocycles. The predicted octanol–water partition coefficient (Wildman–Crippen LogP) is 9.41. The molecule has 0 radical (unpaired) electrons. The molecule has 0 aliphatic rings. The smallest absolute Gasteiger partial charge is 0.394 e. The number of aryl methyl sites for hydroxylation is 2. The second kappa shape index (κ2) is 20.2. The van der Waals surface area contributed by atoms with Crippen LogP contribution in [0.15, 0.2) is 48.5 Å². The van der Waals surface area contributed by atoms with E-state index in [1.165, 1.54) is 101 Å². The largest absolute Gasteiger partial charge is 0.457 e. The van der Waals surface area contributed by atoms with E-state index >= 15 is 0 Å². The highest BCUT2D eigenvalue weighted by molar-refractivity contribution is 7.79. The zero-order valence-electron chi connectivity index (χ0n) is 22.5. The lowest BCUT2D eigenvalue weighted by molar-refractivity contribution is 0.381. The fraction of sp³-hybridized carbons (Fsp3) is 0.600. The van der Waals surface area contributed by atoms with Crippen LogP contribution in [0.1, 0.15) is 115 Å². The third-order valence-electron chi connectivity index (χ3n) is 6.17. The monoisotopic (exact) mass is 520 g/mol. The van der Waals surface area contributed by atoms with Crippen molar-refractivity contribution in [1.82, 2.24) is 0 Å². The van der Waals surface area contributed by atoms with Gasteiger partial charge >= 0.3 is 10.4 Å². The van der Waals surface area contributed by atoms with Crippen LogP contribution in [0.2, 0.25) is 0 Å². The Balaban J connectivity index is 0.00000118. The van der Waals surface area contributed by atoms with Gasteiger partial charge in [-0.1, -0.05) is 115 Å². The molecule has 36 heavy (non-hydrogen) atoms. The zero-order chi connectivity index (χ0) is 26.5. The highest BCUT2D eigenvalue weighted by Gasteiger charge is 2.02. The average Bonchev–Trinajstić information content (AvgIpc) is 2.82. The summed E-state index contributed by atoms with van der Waals surface area (Å²) in [4.78, 5) is 0. The molecule has 2 N–H and O–H groups in total. The van der Waals surface area contributed by atoms with E-state index in [1.807, 2.05) is 0 Å². The number of rotatable bonds is 18. The second-order valence-electron chi connectivity index (χ2n) is 9.59. The lowest BCUT2D eigenvalue weighted by Crippen LogP contribution is -1.91. The van der Waals surface area contributed by atoms with Crippen molar-refractivity contribution in [2.75, 3.05) is 0 Å². The molecule has 0 heterocycles. The number of ether oxygens (including phenoxy) is 1. The van der Waals surface area contributed by atoms with E-state index in [4.69, 9.17) is 22.3 Å². The highest BCUT2D eigenvalue weighted by Crippen LogP contribution is 2.25. The maximum Gasteiger partial charge on any atom is 0.394 e. The molecule has 0 bridgehead atoms. The van der Waals surface area contributed by atoms with Crippen molar-refractivity contribution >= 4 is 10.4 Å². The van der Waals surface area contributed by atoms with E-state index in [0.29, 0.717) is 0 Å². The second-order valence-corrected chi connectivity index (χ2v) is 10.5. The summed E-state index contributed by atoms with van der Waals surface area (Å²) in [6.45, 7) is 4.56. The molecule has 2 aromatic carbocycles. The number of benzene rings is 2. The summed E-state index contributed by atoms with van der Waals surface area (Å²) in [5.41, 5.74) is 2.79. The van der Waals surface area contributed by atoms with Crippen LogP contribution in [0.25, 0.3) is 0 Å². The van der Waals surface area contributed by atoms with E-state index in [2.05, 4.69) is 62.4 Å². The molecule has 0 fully saturated rings. The Hall–Kier alpha value is -1.89. The zero-order valence-corrected chi connectivity index (χ0v) is 23.3. The van der Waals surface area contributed by atoms with E-state index in [0.717, 1.165) is 24.3 Å². The van der Waals surface area contributed by atoms with Gasteiger partial charge in [0.25, 0.3) is 0 Å². The van der Waals surface area contributed by atoms with E-state index in [9.17, 15) is 0 Å². The summed E-state index contributed by atoms with van der Waals surface area (Å²) in [5, 5.41) is 0. The van der Waals surface area contributed by atoms with Gasteiger partial charge in [-0.05, 0) is 61.1 Å². The first-order valence-corrected chi connectivity index (χ1v) is 15.3. The molecule has 2 aromatic rings. The summed E-state index contributed by atoms with van der Waals surface area (Å²) >= 11 is 0. The molecule has 204 valence electrons. The van der Waals surface area contributed by atoms with Crippen molar-refractivity contribution in [2.45, 2.75) is 117 Å². The molecule has 0 spiro atoms. The van der Waals surface area contributed by atoms with Crippen molar-refractivity contribution in [3.8, 4) is 11.5 Å². The topological polar surface area (TPSA) is 83.8 Å². The lowest BCUT2D eigenvalue weighted by Gasteiger charge is -2.10. The third kappa shape index (κ3) is 19.3. The van der Waals surface area contributed by atoms with E-state index < -0.39 is 10.4 Å². The first-order valence-electron chi connectivity index (χ1n) is 13.9. The van der Waals surface area contributed by atoms with Crippen LogP contribution in [0.5, 0.6) is 11.5 Å². The van der Waals surface area contributed by atoms with Gasteiger partial charge in [-0.3, -0.25) is 9.11 Å². The van der Waals surface area contributed by atoms with Crippen LogP contribution < -0.4 is 4.74 Å². The molecule has 0 aromatic heterocycles.